The van der Waals surface area contributed by atoms with Gasteiger partial charge in [0.05, 0.1) is 0 Å². The highest BCUT2D eigenvalue weighted by Crippen LogP contribution is 2.25. The highest BCUT2D eigenvalue weighted by molar-refractivity contribution is 5.50. The molecule has 2 heteroatoms. The molecule has 0 atom stereocenters. The summed E-state index contributed by atoms with van der Waals surface area (Å²) >= 11 is 0. The van der Waals surface area contributed by atoms with Gasteiger partial charge in [0.2, 0.25) is 0 Å². The third kappa shape index (κ3) is 3.21. The number of benzene rings is 2. The van der Waals surface area contributed by atoms with Crippen LogP contribution in [0.15, 0.2) is 54.6 Å². The van der Waals surface area contributed by atoms with Crippen molar-refractivity contribution in [2.45, 2.75) is 18.9 Å². The number of anilines is 2. The smallest absolute Gasteiger partial charge is 0.0366 e. The molecule has 0 N–H and O–H groups in total. The van der Waals surface area contributed by atoms with Gasteiger partial charge in [-0.3, -0.25) is 0 Å². The molecule has 0 unspecified atom stereocenters. The van der Waals surface area contributed by atoms with E-state index in [0.29, 0.717) is 6.04 Å². The van der Waals surface area contributed by atoms with Gasteiger partial charge in [0.25, 0.3) is 0 Å². The van der Waals surface area contributed by atoms with Crippen LogP contribution in [0.3, 0.4) is 0 Å². The molecule has 2 aromatic rings. The summed E-state index contributed by atoms with van der Waals surface area (Å²) in [5, 5.41) is 0. The SMILES string of the molecule is [CH2]c1ccc(N2CCC(N(C)c3ccccc3)CC2)cc1. The first-order chi connectivity index (χ1) is 10.2. The van der Waals surface area contributed by atoms with Crippen molar-refractivity contribution in [3.63, 3.8) is 0 Å². The molecule has 0 spiro atoms. The van der Waals surface area contributed by atoms with Crippen LogP contribution in [-0.4, -0.2) is 26.2 Å². The van der Waals surface area contributed by atoms with Crippen LogP contribution in [0.25, 0.3) is 0 Å². The van der Waals surface area contributed by atoms with Crippen molar-refractivity contribution in [3.8, 4) is 0 Å². The summed E-state index contributed by atoms with van der Waals surface area (Å²) in [6.45, 7) is 6.20. The van der Waals surface area contributed by atoms with Gasteiger partial charge in [-0.15, -0.1) is 0 Å². The van der Waals surface area contributed by atoms with Crippen molar-refractivity contribution in [2.75, 3.05) is 29.9 Å². The normalized spacial score (nSPS) is 16.0. The second-order valence-electron chi connectivity index (χ2n) is 5.83. The Labute approximate surface area is 128 Å². The van der Waals surface area contributed by atoms with Crippen molar-refractivity contribution in [2.24, 2.45) is 0 Å². The first kappa shape index (κ1) is 14.0. The second kappa shape index (κ2) is 6.21. The molecule has 1 heterocycles. The maximum absolute atomic E-state index is 3.95. The van der Waals surface area contributed by atoms with Gasteiger partial charge in [0, 0.05) is 37.6 Å². The fourth-order valence-corrected chi connectivity index (χ4v) is 3.09. The number of para-hydroxylation sites is 1. The van der Waals surface area contributed by atoms with Gasteiger partial charge in [-0.05, 0) is 49.6 Å². The molecular weight excluding hydrogens is 256 g/mol. The fourth-order valence-electron chi connectivity index (χ4n) is 3.09. The van der Waals surface area contributed by atoms with E-state index in [1.165, 1.54) is 24.2 Å². The second-order valence-corrected chi connectivity index (χ2v) is 5.83. The topological polar surface area (TPSA) is 6.48 Å². The van der Waals surface area contributed by atoms with Crippen molar-refractivity contribution < 1.29 is 0 Å². The highest BCUT2D eigenvalue weighted by atomic mass is 15.2. The summed E-state index contributed by atoms with van der Waals surface area (Å²) in [4.78, 5) is 4.91. The quantitative estimate of drug-likeness (QED) is 0.838. The molecule has 0 aromatic heterocycles. The Morgan fingerprint density at radius 3 is 2.19 bits per heavy atom. The Bertz CT molecular complexity index is 554. The Morgan fingerprint density at radius 2 is 1.57 bits per heavy atom. The minimum atomic E-state index is 0.635. The number of rotatable bonds is 3. The molecule has 3 rings (SSSR count). The molecule has 0 bridgehead atoms. The zero-order valence-electron chi connectivity index (χ0n) is 12.7. The van der Waals surface area contributed by atoms with Crippen molar-refractivity contribution in [3.05, 3.63) is 67.1 Å². The molecule has 109 valence electrons. The van der Waals surface area contributed by atoms with E-state index in [0.717, 1.165) is 18.7 Å². The summed E-state index contributed by atoms with van der Waals surface area (Å²) in [6, 6.07) is 19.9. The van der Waals surface area contributed by atoms with Crippen molar-refractivity contribution in [1.29, 1.82) is 0 Å². The minimum Gasteiger partial charge on any atom is -0.371 e. The van der Waals surface area contributed by atoms with Gasteiger partial charge in [-0.2, -0.15) is 0 Å². The lowest BCUT2D eigenvalue weighted by molar-refractivity contribution is 0.482. The average molecular weight is 279 g/mol. The van der Waals surface area contributed by atoms with E-state index in [1.54, 1.807) is 0 Å². The molecule has 0 amide bonds. The molecule has 1 aliphatic heterocycles. The Kier molecular flexibility index (Phi) is 4.14. The average Bonchev–Trinajstić information content (AvgIpc) is 2.56. The zero-order chi connectivity index (χ0) is 14.7. The lowest BCUT2D eigenvalue weighted by Crippen LogP contribution is -2.43. The van der Waals surface area contributed by atoms with Crippen LogP contribution in [-0.2, 0) is 0 Å². The number of hydrogen-bond donors (Lipinski definition) is 0. The van der Waals surface area contributed by atoms with Crippen LogP contribution in [0.2, 0.25) is 0 Å². The number of piperidine rings is 1. The van der Waals surface area contributed by atoms with Crippen LogP contribution in [0.4, 0.5) is 11.4 Å². The van der Waals surface area contributed by atoms with Crippen LogP contribution in [0.5, 0.6) is 0 Å². The van der Waals surface area contributed by atoms with Gasteiger partial charge < -0.3 is 9.80 Å². The van der Waals surface area contributed by atoms with E-state index in [1.807, 2.05) is 0 Å². The van der Waals surface area contributed by atoms with Crippen LogP contribution < -0.4 is 9.80 Å². The maximum atomic E-state index is 3.95. The monoisotopic (exact) mass is 279 g/mol. The predicted octanol–water partition coefficient (Wildman–Crippen LogP) is 3.97. The van der Waals surface area contributed by atoms with Crippen molar-refractivity contribution in [1.82, 2.24) is 0 Å². The molecule has 1 radical (unpaired) electrons. The first-order valence-electron chi connectivity index (χ1n) is 7.69. The van der Waals surface area contributed by atoms with Crippen LogP contribution >= 0.6 is 0 Å². The number of hydrogen-bond acceptors (Lipinski definition) is 2. The molecule has 0 saturated carbocycles. The molecule has 1 saturated heterocycles. The van der Waals surface area contributed by atoms with Gasteiger partial charge in [0.15, 0.2) is 0 Å². The van der Waals surface area contributed by atoms with Gasteiger partial charge in [-0.25, -0.2) is 0 Å². The molecule has 0 aliphatic carbocycles. The zero-order valence-corrected chi connectivity index (χ0v) is 12.7. The van der Waals surface area contributed by atoms with E-state index < -0.39 is 0 Å². The van der Waals surface area contributed by atoms with E-state index in [-0.39, 0.29) is 0 Å². The van der Waals surface area contributed by atoms with Gasteiger partial charge in [0.1, 0.15) is 0 Å². The molecule has 2 nitrogen and oxygen atoms in total. The van der Waals surface area contributed by atoms with Gasteiger partial charge >= 0.3 is 0 Å². The molecule has 21 heavy (non-hydrogen) atoms. The summed E-state index contributed by atoms with van der Waals surface area (Å²) < 4.78 is 0. The summed E-state index contributed by atoms with van der Waals surface area (Å²) in [5.41, 5.74) is 3.72. The summed E-state index contributed by atoms with van der Waals surface area (Å²) in [7, 11) is 2.22. The third-order valence-electron chi connectivity index (χ3n) is 4.48. The highest BCUT2D eigenvalue weighted by Gasteiger charge is 2.22. The fraction of sp³-hybridized carbons (Fsp3) is 0.316. The van der Waals surface area contributed by atoms with E-state index in [9.17, 15) is 0 Å². The van der Waals surface area contributed by atoms with E-state index in [2.05, 4.69) is 78.4 Å². The van der Waals surface area contributed by atoms with E-state index in [4.69, 9.17) is 0 Å². The Hall–Kier alpha value is -1.96. The summed E-state index contributed by atoms with van der Waals surface area (Å²) in [6.07, 6.45) is 2.41. The third-order valence-corrected chi connectivity index (χ3v) is 4.48. The van der Waals surface area contributed by atoms with Crippen molar-refractivity contribution >= 4 is 11.4 Å². The predicted molar refractivity (Wildman–Crippen MR) is 91.0 cm³/mol. The van der Waals surface area contributed by atoms with Gasteiger partial charge in [-0.1, -0.05) is 30.3 Å². The Morgan fingerprint density at radius 1 is 0.952 bits per heavy atom. The first-order valence-corrected chi connectivity index (χ1v) is 7.69. The molecule has 1 fully saturated rings. The largest absolute Gasteiger partial charge is 0.371 e. The lowest BCUT2D eigenvalue weighted by atomic mass is 10.0. The molecule has 1 aliphatic rings. The standard InChI is InChI=1S/C19H23N2/c1-16-8-10-19(11-9-16)21-14-12-18(13-15-21)20(2)17-6-4-3-5-7-17/h3-11,18H,1,12-15H2,2H3. The molecule has 2 aromatic carbocycles. The van der Waals surface area contributed by atoms with E-state index >= 15 is 0 Å². The van der Waals surface area contributed by atoms with Crippen LogP contribution in [0.1, 0.15) is 18.4 Å². The maximum Gasteiger partial charge on any atom is 0.0366 e. The lowest BCUT2D eigenvalue weighted by Gasteiger charge is -2.39. The molecular formula is C19H23N2. The number of nitrogens with zero attached hydrogens (tertiary/aromatic N) is 2. The Balaban J connectivity index is 1.61. The minimum absolute atomic E-state index is 0.635. The summed E-state index contributed by atoms with van der Waals surface area (Å²) in [5.74, 6) is 0. The van der Waals surface area contributed by atoms with Crippen LogP contribution in [0, 0.1) is 6.92 Å².